The van der Waals surface area contributed by atoms with Crippen LogP contribution in [0.1, 0.15) is 34.8 Å². The summed E-state index contributed by atoms with van der Waals surface area (Å²) in [6.45, 7) is 0.946. The fourth-order valence-corrected chi connectivity index (χ4v) is 1.24. The van der Waals surface area contributed by atoms with Crippen LogP contribution in [-0.2, 0) is 6.18 Å². The van der Waals surface area contributed by atoms with Crippen molar-refractivity contribution in [1.82, 2.24) is 0 Å². The van der Waals surface area contributed by atoms with E-state index in [4.69, 9.17) is 5.11 Å². The van der Waals surface area contributed by atoms with Crippen molar-refractivity contribution in [2.45, 2.75) is 19.5 Å². The van der Waals surface area contributed by atoms with Gasteiger partial charge in [-0.25, -0.2) is 8.78 Å². The van der Waals surface area contributed by atoms with E-state index in [-0.39, 0.29) is 0 Å². The predicted molar refractivity (Wildman–Crippen MR) is 48.1 cm³/mol. The largest absolute Gasteiger partial charge is 0.507 e. The SMILES string of the molecule is CC(=O)c1cc(C(F)F)c(O)c(C(F)(F)F)c1. The lowest BCUT2D eigenvalue weighted by molar-refractivity contribution is -0.138. The Kier molecular flexibility index (Phi) is 3.40. The monoisotopic (exact) mass is 254 g/mol. The van der Waals surface area contributed by atoms with Crippen molar-refractivity contribution in [2.75, 3.05) is 0 Å². The van der Waals surface area contributed by atoms with Crippen LogP contribution in [0.5, 0.6) is 5.75 Å². The van der Waals surface area contributed by atoms with Crippen LogP contribution in [0.25, 0.3) is 0 Å². The van der Waals surface area contributed by atoms with Gasteiger partial charge in [0, 0.05) is 5.56 Å². The maximum atomic E-state index is 12.4. The molecular formula is C10H7F5O2. The van der Waals surface area contributed by atoms with Gasteiger partial charge in [-0.3, -0.25) is 4.79 Å². The van der Waals surface area contributed by atoms with Gasteiger partial charge in [0.15, 0.2) is 5.78 Å². The van der Waals surface area contributed by atoms with Crippen molar-refractivity contribution in [2.24, 2.45) is 0 Å². The van der Waals surface area contributed by atoms with Gasteiger partial charge in [-0.1, -0.05) is 0 Å². The first-order valence-electron chi connectivity index (χ1n) is 4.37. The number of rotatable bonds is 2. The molecule has 0 aromatic heterocycles. The Morgan fingerprint density at radius 3 is 2.18 bits per heavy atom. The highest BCUT2D eigenvalue weighted by Crippen LogP contribution is 2.41. The number of hydrogen-bond donors (Lipinski definition) is 1. The molecule has 0 atom stereocenters. The molecule has 0 unspecified atom stereocenters. The second-order valence-corrected chi connectivity index (χ2v) is 3.32. The number of phenolic OH excluding ortho intramolecular Hbond substituents is 1. The molecule has 0 aliphatic rings. The molecule has 0 radical (unpaired) electrons. The highest BCUT2D eigenvalue weighted by atomic mass is 19.4. The third-order valence-electron chi connectivity index (χ3n) is 2.09. The summed E-state index contributed by atoms with van der Waals surface area (Å²) in [6.07, 6.45) is -8.30. The maximum absolute atomic E-state index is 12.4. The van der Waals surface area contributed by atoms with E-state index in [1.807, 2.05) is 0 Å². The molecule has 0 fully saturated rings. The van der Waals surface area contributed by atoms with E-state index < -0.39 is 40.8 Å². The van der Waals surface area contributed by atoms with E-state index in [2.05, 4.69) is 0 Å². The Morgan fingerprint density at radius 2 is 1.82 bits per heavy atom. The average molecular weight is 254 g/mol. The topological polar surface area (TPSA) is 37.3 Å². The molecule has 0 aliphatic carbocycles. The van der Waals surface area contributed by atoms with Crippen LogP contribution in [0, 0.1) is 0 Å². The van der Waals surface area contributed by atoms with Gasteiger partial charge in [0.2, 0.25) is 0 Å². The van der Waals surface area contributed by atoms with Crippen molar-refractivity contribution in [3.05, 3.63) is 28.8 Å². The normalized spacial score (nSPS) is 11.9. The van der Waals surface area contributed by atoms with Gasteiger partial charge in [0.05, 0.1) is 11.1 Å². The Morgan fingerprint density at radius 1 is 1.29 bits per heavy atom. The number of aromatic hydroxyl groups is 1. The van der Waals surface area contributed by atoms with E-state index in [1.165, 1.54) is 0 Å². The van der Waals surface area contributed by atoms with Crippen molar-refractivity contribution in [3.8, 4) is 5.75 Å². The standard InChI is InChI=1S/C10H7F5O2/c1-4(16)5-2-6(9(11)12)8(17)7(3-5)10(13,14)15/h2-3,9,17H,1H3. The summed E-state index contributed by atoms with van der Waals surface area (Å²) in [6, 6.07) is 0.904. The number of carbonyl (C=O) groups excluding carboxylic acids is 1. The van der Waals surface area contributed by atoms with Crippen molar-refractivity contribution in [3.63, 3.8) is 0 Å². The van der Waals surface area contributed by atoms with Gasteiger partial charge in [-0.2, -0.15) is 13.2 Å². The van der Waals surface area contributed by atoms with E-state index in [0.29, 0.717) is 12.1 Å². The summed E-state index contributed by atoms with van der Waals surface area (Å²) in [5.74, 6) is -2.34. The molecule has 1 N–H and O–H groups in total. The molecule has 1 aromatic rings. The quantitative estimate of drug-likeness (QED) is 0.647. The van der Waals surface area contributed by atoms with Gasteiger partial charge in [0.1, 0.15) is 5.75 Å². The molecule has 1 aromatic carbocycles. The summed E-state index contributed by atoms with van der Waals surface area (Å²) in [4.78, 5) is 10.9. The molecule has 0 heterocycles. The Labute approximate surface area is 92.7 Å². The smallest absolute Gasteiger partial charge is 0.419 e. The highest BCUT2D eigenvalue weighted by molar-refractivity contribution is 5.94. The zero-order chi connectivity index (χ0) is 13.4. The summed E-state index contributed by atoms with van der Waals surface area (Å²) >= 11 is 0. The number of benzene rings is 1. The number of alkyl halides is 5. The fraction of sp³-hybridized carbons (Fsp3) is 0.300. The first-order valence-corrected chi connectivity index (χ1v) is 4.37. The molecule has 1 rings (SSSR count). The maximum Gasteiger partial charge on any atom is 0.419 e. The van der Waals surface area contributed by atoms with Crippen LogP contribution in [0.15, 0.2) is 12.1 Å². The second kappa shape index (κ2) is 4.31. The molecule has 0 amide bonds. The minimum absolute atomic E-state index is 0.351. The average Bonchev–Trinajstić information content (AvgIpc) is 2.15. The first kappa shape index (κ1) is 13.4. The number of halogens is 5. The molecule has 0 saturated heterocycles. The van der Waals surface area contributed by atoms with Crippen LogP contribution in [0.3, 0.4) is 0 Å². The third-order valence-corrected chi connectivity index (χ3v) is 2.09. The van der Waals surface area contributed by atoms with Crippen molar-refractivity contribution < 1.29 is 31.9 Å². The molecule has 2 nitrogen and oxygen atoms in total. The lowest BCUT2D eigenvalue weighted by Gasteiger charge is -2.13. The summed E-state index contributed by atoms with van der Waals surface area (Å²) in [7, 11) is 0. The summed E-state index contributed by atoms with van der Waals surface area (Å²) in [5.41, 5.74) is -3.36. The fourth-order valence-electron chi connectivity index (χ4n) is 1.24. The van der Waals surface area contributed by atoms with E-state index in [9.17, 15) is 26.7 Å². The predicted octanol–water partition coefficient (Wildman–Crippen LogP) is 3.55. The molecule has 0 saturated carbocycles. The molecule has 0 bridgehead atoms. The molecule has 94 valence electrons. The Balaban J connectivity index is 3.55. The van der Waals surface area contributed by atoms with E-state index >= 15 is 0 Å². The molecular weight excluding hydrogens is 247 g/mol. The molecule has 17 heavy (non-hydrogen) atoms. The van der Waals surface area contributed by atoms with Gasteiger partial charge in [0.25, 0.3) is 6.43 Å². The van der Waals surface area contributed by atoms with Crippen LogP contribution < -0.4 is 0 Å². The van der Waals surface area contributed by atoms with Crippen molar-refractivity contribution in [1.29, 1.82) is 0 Å². The highest BCUT2D eigenvalue weighted by Gasteiger charge is 2.36. The van der Waals surface area contributed by atoms with Crippen LogP contribution >= 0.6 is 0 Å². The Bertz CT molecular complexity index is 451. The van der Waals surface area contributed by atoms with Gasteiger partial charge in [-0.15, -0.1) is 0 Å². The summed E-state index contributed by atoms with van der Waals surface area (Å²) in [5, 5.41) is 9.09. The van der Waals surface area contributed by atoms with Crippen molar-refractivity contribution >= 4 is 5.78 Å². The second-order valence-electron chi connectivity index (χ2n) is 3.32. The minimum Gasteiger partial charge on any atom is -0.507 e. The number of carbonyl (C=O) groups is 1. The van der Waals surface area contributed by atoms with Gasteiger partial charge < -0.3 is 5.11 Å². The third kappa shape index (κ3) is 2.72. The lowest BCUT2D eigenvalue weighted by Crippen LogP contribution is -2.09. The number of ketones is 1. The zero-order valence-electron chi connectivity index (χ0n) is 8.48. The summed E-state index contributed by atoms with van der Waals surface area (Å²) < 4.78 is 62.1. The van der Waals surface area contributed by atoms with Crippen LogP contribution in [0.2, 0.25) is 0 Å². The number of hydrogen-bond acceptors (Lipinski definition) is 2. The molecule has 0 aliphatic heterocycles. The molecule has 7 heteroatoms. The van der Waals surface area contributed by atoms with Gasteiger partial charge in [-0.05, 0) is 19.1 Å². The number of Topliss-reactive ketones (excluding diaryl/α,β-unsaturated/α-hetero) is 1. The number of phenols is 1. The van der Waals surface area contributed by atoms with Gasteiger partial charge >= 0.3 is 6.18 Å². The lowest BCUT2D eigenvalue weighted by atomic mass is 10.0. The Hall–Kier alpha value is -1.66. The zero-order valence-corrected chi connectivity index (χ0v) is 8.48. The minimum atomic E-state index is -5.00. The van der Waals surface area contributed by atoms with E-state index in [0.717, 1.165) is 6.92 Å². The van der Waals surface area contributed by atoms with Crippen LogP contribution in [0.4, 0.5) is 22.0 Å². The van der Waals surface area contributed by atoms with E-state index in [1.54, 1.807) is 0 Å². The first-order chi connectivity index (χ1) is 7.64. The molecule has 0 spiro atoms. The van der Waals surface area contributed by atoms with Crippen LogP contribution in [-0.4, -0.2) is 10.9 Å².